The van der Waals surface area contributed by atoms with Crippen molar-refractivity contribution in [3.8, 4) is 0 Å². The van der Waals surface area contributed by atoms with E-state index in [9.17, 15) is 0 Å². The van der Waals surface area contributed by atoms with Crippen molar-refractivity contribution in [2.24, 2.45) is 0 Å². The number of hydrogen-bond donors (Lipinski definition) is 0. The van der Waals surface area contributed by atoms with Crippen LogP contribution < -0.4 is 24.0 Å². The minimum absolute atomic E-state index is 0. The second-order valence-electron chi connectivity index (χ2n) is 5.53. The molecule has 0 saturated carbocycles. The Hall–Kier alpha value is 1.42. The van der Waals surface area contributed by atoms with Crippen LogP contribution in [0, 0.1) is 0 Å². The Balaban J connectivity index is 0. The van der Waals surface area contributed by atoms with Gasteiger partial charge in [0.1, 0.15) is 0 Å². The highest BCUT2D eigenvalue weighted by Crippen LogP contribution is 2.12. The number of nitrogens with zero attached hydrogens (tertiary/aromatic N) is 1. The van der Waals surface area contributed by atoms with Crippen LogP contribution in [0.4, 0.5) is 0 Å². The van der Waals surface area contributed by atoms with Crippen LogP contribution in [0.1, 0.15) is 72.1 Å². The van der Waals surface area contributed by atoms with E-state index < -0.39 is 0 Å². The summed E-state index contributed by atoms with van der Waals surface area (Å²) in [5.74, 6) is 0. The Morgan fingerprint density at radius 1 is 0.632 bits per heavy atom. The summed E-state index contributed by atoms with van der Waals surface area (Å²) in [6.07, 6.45) is 11.6. The van der Waals surface area contributed by atoms with E-state index in [1.54, 1.807) is 0 Å². The van der Waals surface area contributed by atoms with Crippen molar-refractivity contribution in [2.75, 3.05) is 30.6 Å². The van der Waals surface area contributed by atoms with Crippen molar-refractivity contribution in [3.63, 3.8) is 0 Å². The molecule has 0 amide bonds. The molecule has 0 N–H and O–H groups in total. The molecule has 0 fully saturated rings. The van der Waals surface area contributed by atoms with Gasteiger partial charge in [-0.15, -0.1) is 0 Å². The monoisotopic (exact) mass is 495 g/mol. The first-order valence-electron chi connectivity index (χ1n) is 8.15. The minimum Gasteiger partial charge on any atom is -1.00 e. The summed E-state index contributed by atoms with van der Waals surface area (Å²) in [5.41, 5.74) is 0. The van der Waals surface area contributed by atoms with Gasteiger partial charge in [0.25, 0.3) is 0 Å². The maximum Gasteiger partial charge on any atom is 0.0786 e. The van der Waals surface area contributed by atoms with Gasteiger partial charge in [0.15, 0.2) is 0 Å². The van der Waals surface area contributed by atoms with E-state index in [2.05, 4.69) is 43.4 Å². The molecular weight excluding hydrogens is 460 g/mol. The van der Waals surface area contributed by atoms with E-state index in [4.69, 9.17) is 0 Å². The molecule has 0 saturated heterocycles. The topological polar surface area (TPSA) is 0 Å². The van der Waals surface area contributed by atoms with Crippen LogP contribution in [0.5, 0.6) is 0 Å². The van der Waals surface area contributed by atoms with Gasteiger partial charge in [0.2, 0.25) is 0 Å². The fraction of sp³-hybridized carbons (Fsp3) is 1.00. The highest BCUT2D eigenvalue weighted by atomic mass is 127. The van der Waals surface area contributed by atoms with Crippen LogP contribution >= 0.6 is 22.6 Å². The molecule has 0 aliphatic carbocycles. The van der Waals surface area contributed by atoms with Crippen LogP contribution in [0.15, 0.2) is 0 Å². The number of unbranched alkanes of at least 4 members (excludes halogenated alkanes) is 7. The van der Waals surface area contributed by atoms with Gasteiger partial charge in [-0.25, -0.2) is 0 Å². The number of hydrogen-bond acceptors (Lipinski definition) is 0. The number of quaternary nitrogens is 1. The zero-order valence-corrected chi connectivity index (χ0v) is 17.7. The summed E-state index contributed by atoms with van der Waals surface area (Å²) in [4.78, 5) is 0. The van der Waals surface area contributed by atoms with E-state index in [1.807, 2.05) is 0 Å². The second-order valence-corrected chi connectivity index (χ2v) is 6.61. The lowest BCUT2D eigenvalue weighted by atomic mass is 10.1. The molecule has 0 heterocycles. The van der Waals surface area contributed by atoms with Crippen molar-refractivity contribution < 1.29 is 28.5 Å². The molecule has 0 aromatic heterocycles. The van der Waals surface area contributed by atoms with Gasteiger partial charge in [-0.2, -0.15) is 0 Å². The molecular formula is C16H35I2N. The molecule has 0 bridgehead atoms. The van der Waals surface area contributed by atoms with Crippen LogP contribution in [0.2, 0.25) is 0 Å². The van der Waals surface area contributed by atoms with Crippen LogP contribution in [-0.2, 0) is 0 Å². The molecule has 0 aliphatic rings. The van der Waals surface area contributed by atoms with Gasteiger partial charge in [-0.1, -0.05) is 54.7 Å². The number of alkyl halides is 1. The fourth-order valence-electron chi connectivity index (χ4n) is 2.75. The normalized spacial score (nSPS) is 11.4. The minimum atomic E-state index is 0. The first-order chi connectivity index (χ1) is 8.74. The van der Waals surface area contributed by atoms with Gasteiger partial charge >= 0.3 is 0 Å². The summed E-state index contributed by atoms with van der Waals surface area (Å²) in [7, 11) is 0. The lowest BCUT2D eigenvalue weighted by Crippen LogP contribution is -3.00. The first-order valence-corrected chi connectivity index (χ1v) is 9.68. The van der Waals surface area contributed by atoms with Crippen molar-refractivity contribution in [2.45, 2.75) is 72.1 Å². The molecule has 118 valence electrons. The van der Waals surface area contributed by atoms with E-state index in [0.717, 1.165) is 0 Å². The summed E-state index contributed by atoms with van der Waals surface area (Å²) in [6.45, 7) is 12.4. The lowest BCUT2D eigenvalue weighted by molar-refractivity contribution is -0.923. The highest BCUT2D eigenvalue weighted by molar-refractivity contribution is 14.1. The molecule has 0 aliphatic heterocycles. The summed E-state index contributed by atoms with van der Waals surface area (Å²) in [5, 5.41) is 0. The molecule has 3 heteroatoms. The Morgan fingerprint density at radius 3 is 1.37 bits per heavy atom. The van der Waals surface area contributed by atoms with E-state index in [1.165, 1.54) is 86.5 Å². The summed E-state index contributed by atoms with van der Waals surface area (Å²) < 4.78 is 2.67. The molecule has 19 heavy (non-hydrogen) atoms. The van der Waals surface area contributed by atoms with E-state index >= 15 is 0 Å². The van der Waals surface area contributed by atoms with Crippen molar-refractivity contribution >= 4 is 22.6 Å². The highest BCUT2D eigenvalue weighted by Gasteiger charge is 2.19. The third kappa shape index (κ3) is 11.7. The predicted molar refractivity (Wildman–Crippen MR) is 92.6 cm³/mol. The largest absolute Gasteiger partial charge is 1.00 e. The van der Waals surface area contributed by atoms with Gasteiger partial charge in [0, 0.05) is 0 Å². The van der Waals surface area contributed by atoms with E-state index in [-0.39, 0.29) is 24.0 Å². The van der Waals surface area contributed by atoms with Crippen LogP contribution in [0.3, 0.4) is 0 Å². The molecule has 0 atom stereocenters. The predicted octanol–water partition coefficient (Wildman–Crippen LogP) is 2.42. The Kier molecular flexibility index (Phi) is 18.9. The maximum absolute atomic E-state index is 2.48. The average molecular weight is 495 g/mol. The van der Waals surface area contributed by atoms with Gasteiger partial charge in [-0.05, 0) is 44.5 Å². The molecule has 0 spiro atoms. The standard InChI is InChI=1S/C16H35IN.HI/c1-4-18(5-2,6-3)16-14-12-10-8-7-9-11-13-15-17;/h4-16H2,1-3H3;1H/q+1;/p-1. The van der Waals surface area contributed by atoms with Crippen molar-refractivity contribution in [3.05, 3.63) is 0 Å². The summed E-state index contributed by atoms with van der Waals surface area (Å²) in [6, 6.07) is 0. The molecule has 1 nitrogen and oxygen atoms in total. The Morgan fingerprint density at radius 2 is 1.00 bits per heavy atom. The van der Waals surface area contributed by atoms with Gasteiger partial charge in [-0.3, -0.25) is 0 Å². The average Bonchev–Trinajstić information content (AvgIpc) is 2.42. The molecule has 0 radical (unpaired) electrons. The van der Waals surface area contributed by atoms with Gasteiger partial charge < -0.3 is 28.5 Å². The molecule has 0 aromatic rings. The van der Waals surface area contributed by atoms with E-state index in [0.29, 0.717) is 0 Å². The quantitative estimate of drug-likeness (QED) is 0.160. The second kappa shape index (κ2) is 15.8. The first kappa shape index (κ1) is 22.7. The SMILES string of the molecule is CC[N+](CC)(CC)CCCCCCCCCCI.[I-]. The molecule has 0 aromatic carbocycles. The third-order valence-electron chi connectivity index (χ3n) is 4.53. The third-order valence-corrected chi connectivity index (χ3v) is 5.29. The smallest absolute Gasteiger partial charge is 0.0786 e. The fourth-order valence-corrected chi connectivity index (χ4v) is 3.29. The van der Waals surface area contributed by atoms with Crippen LogP contribution in [-0.4, -0.2) is 35.1 Å². The number of halogens is 2. The Labute approximate surface area is 153 Å². The molecule has 0 rings (SSSR count). The maximum atomic E-state index is 2.48. The van der Waals surface area contributed by atoms with Gasteiger partial charge in [0.05, 0.1) is 26.2 Å². The molecule has 0 unspecified atom stereocenters. The Bertz CT molecular complexity index is 162. The van der Waals surface area contributed by atoms with Crippen molar-refractivity contribution in [1.29, 1.82) is 0 Å². The van der Waals surface area contributed by atoms with Crippen molar-refractivity contribution in [1.82, 2.24) is 0 Å². The van der Waals surface area contributed by atoms with Crippen LogP contribution in [0.25, 0.3) is 0 Å². The zero-order chi connectivity index (χ0) is 13.7. The zero-order valence-electron chi connectivity index (χ0n) is 13.4. The summed E-state index contributed by atoms with van der Waals surface area (Å²) >= 11 is 2.48. The number of rotatable bonds is 13. The lowest BCUT2D eigenvalue weighted by Gasteiger charge is -2.35.